The fraction of sp³-hybridized carbons (Fsp3) is 0.200. The lowest BCUT2D eigenvalue weighted by Gasteiger charge is -2.16. The molecule has 2 aromatic carbocycles. The Bertz CT molecular complexity index is 620. The van der Waals surface area contributed by atoms with E-state index in [1.807, 2.05) is 0 Å². The van der Waals surface area contributed by atoms with Crippen molar-refractivity contribution in [2.24, 2.45) is 5.73 Å². The monoisotopic (exact) mass is 283 g/mol. The summed E-state index contributed by atoms with van der Waals surface area (Å²) in [5.74, 6) is -0.527. The molecule has 5 heteroatoms. The van der Waals surface area contributed by atoms with Crippen LogP contribution in [0.25, 0.3) is 0 Å². The molecule has 106 valence electrons. The fourth-order valence-electron chi connectivity index (χ4n) is 1.99. The van der Waals surface area contributed by atoms with Gasteiger partial charge in [-0.2, -0.15) is 13.2 Å². The van der Waals surface area contributed by atoms with Crippen LogP contribution < -0.4 is 5.73 Å². The van der Waals surface area contributed by atoms with Crippen LogP contribution in [0.2, 0.25) is 0 Å². The van der Waals surface area contributed by atoms with E-state index in [1.165, 1.54) is 18.2 Å². The molecule has 0 aliphatic carbocycles. The lowest BCUT2D eigenvalue weighted by Crippen LogP contribution is -2.15. The largest absolute Gasteiger partial charge is 0.416 e. The minimum absolute atomic E-state index is 0.185. The molecule has 1 unspecified atom stereocenters. The van der Waals surface area contributed by atoms with Gasteiger partial charge in [-0.25, -0.2) is 4.39 Å². The summed E-state index contributed by atoms with van der Waals surface area (Å²) in [4.78, 5) is 0. The van der Waals surface area contributed by atoms with Gasteiger partial charge < -0.3 is 5.73 Å². The number of aryl methyl sites for hydroxylation is 1. The maximum absolute atomic E-state index is 13.7. The molecule has 0 saturated carbocycles. The van der Waals surface area contributed by atoms with E-state index in [4.69, 9.17) is 5.73 Å². The van der Waals surface area contributed by atoms with Gasteiger partial charge in [0.15, 0.2) is 0 Å². The zero-order valence-electron chi connectivity index (χ0n) is 10.7. The number of hydrogen-bond acceptors (Lipinski definition) is 1. The Hall–Kier alpha value is -1.88. The number of hydrogen-bond donors (Lipinski definition) is 1. The summed E-state index contributed by atoms with van der Waals surface area (Å²) >= 11 is 0. The van der Waals surface area contributed by atoms with E-state index in [1.54, 1.807) is 19.1 Å². The van der Waals surface area contributed by atoms with Gasteiger partial charge in [-0.3, -0.25) is 0 Å². The van der Waals surface area contributed by atoms with E-state index < -0.39 is 23.6 Å². The summed E-state index contributed by atoms with van der Waals surface area (Å²) in [5, 5.41) is 0. The van der Waals surface area contributed by atoms with Gasteiger partial charge >= 0.3 is 6.18 Å². The van der Waals surface area contributed by atoms with Crippen LogP contribution in [0.1, 0.15) is 28.3 Å². The SMILES string of the molecule is Cc1ccc(F)c(C(N)c2cccc(C(F)(F)F)c2)c1. The summed E-state index contributed by atoms with van der Waals surface area (Å²) < 4.78 is 51.7. The Balaban J connectivity index is 2.43. The van der Waals surface area contributed by atoms with E-state index in [0.717, 1.165) is 17.7 Å². The van der Waals surface area contributed by atoms with Crippen molar-refractivity contribution in [3.05, 3.63) is 70.5 Å². The topological polar surface area (TPSA) is 26.0 Å². The summed E-state index contributed by atoms with van der Waals surface area (Å²) in [5.41, 5.74) is 6.30. The second-order valence-electron chi connectivity index (χ2n) is 4.63. The Morgan fingerprint density at radius 1 is 1.05 bits per heavy atom. The number of alkyl halides is 3. The Labute approximate surface area is 114 Å². The first-order chi connectivity index (χ1) is 9.29. The van der Waals surface area contributed by atoms with Gasteiger partial charge in [-0.1, -0.05) is 29.8 Å². The fourth-order valence-corrected chi connectivity index (χ4v) is 1.99. The van der Waals surface area contributed by atoms with Crippen LogP contribution in [0.5, 0.6) is 0 Å². The van der Waals surface area contributed by atoms with E-state index in [9.17, 15) is 17.6 Å². The number of nitrogens with two attached hydrogens (primary N) is 1. The van der Waals surface area contributed by atoms with Gasteiger partial charge in [0.05, 0.1) is 11.6 Å². The Morgan fingerprint density at radius 2 is 1.75 bits per heavy atom. The van der Waals surface area contributed by atoms with Crippen molar-refractivity contribution in [1.82, 2.24) is 0 Å². The normalized spacial score (nSPS) is 13.3. The third-order valence-electron chi connectivity index (χ3n) is 3.06. The molecule has 0 aliphatic rings. The van der Waals surface area contributed by atoms with Crippen molar-refractivity contribution >= 4 is 0 Å². The first kappa shape index (κ1) is 14.5. The van der Waals surface area contributed by atoms with Gasteiger partial charge in [0.25, 0.3) is 0 Å². The van der Waals surface area contributed by atoms with Crippen LogP contribution in [0.15, 0.2) is 42.5 Å². The molecule has 1 atom stereocenters. The smallest absolute Gasteiger partial charge is 0.320 e. The first-order valence-electron chi connectivity index (χ1n) is 5.98. The average Bonchev–Trinajstić information content (AvgIpc) is 2.40. The molecule has 0 saturated heterocycles. The van der Waals surface area contributed by atoms with E-state index >= 15 is 0 Å². The predicted molar refractivity (Wildman–Crippen MR) is 68.6 cm³/mol. The molecule has 2 aromatic rings. The molecule has 2 rings (SSSR count). The molecule has 2 N–H and O–H groups in total. The van der Waals surface area contributed by atoms with E-state index in [0.29, 0.717) is 0 Å². The zero-order chi connectivity index (χ0) is 14.9. The Kier molecular flexibility index (Phi) is 3.81. The molecule has 0 heterocycles. The van der Waals surface area contributed by atoms with Crippen LogP contribution in [-0.4, -0.2) is 0 Å². The number of rotatable bonds is 2. The highest BCUT2D eigenvalue weighted by molar-refractivity contribution is 5.37. The second kappa shape index (κ2) is 5.25. The van der Waals surface area contributed by atoms with Crippen LogP contribution in [-0.2, 0) is 6.18 Å². The zero-order valence-corrected chi connectivity index (χ0v) is 10.7. The van der Waals surface area contributed by atoms with Gasteiger partial charge in [0.2, 0.25) is 0 Å². The number of halogens is 4. The third kappa shape index (κ3) is 2.99. The summed E-state index contributed by atoms with van der Waals surface area (Å²) in [6.07, 6.45) is -4.44. The van der Waals surface area contributed by atoms with Crippen molar-refractivity contribution in [2.45, 2.75) is 19.1 Å². The Morgan fingerprint density at radius 3 is 2.40 bits per heavy atom. The predicted octanol–water partition coefficient (Wildman–Crippen LogP) is 4.20. The average molecular weight is 283 g/mol. The van der Waals surface area contributed by atoms with Crippen LogP contribution in [0, 0.1) is 12.7 Å². The molecule has 1 nitrogen and oxygen atoms in total. The van der Waals surface area contributed by atoms with E-state index in [2.05, 4.69) is 0 Å². The van der Waals surface area contributed by atoms with Crippen molar-refractivity contribution in [3.8, 4) is 0 Å². The highest BCUT2D eigenvalue weighted by Gasteiger charge is 2.31. The maximum Gasteiger partial charge on any atom is 0.416 e. The first-order valence-corrected chi connectivity index (χ1v) is 5.98. The van der Waals surface area contributed by atoms with Gasteiger partial charge in [-0.05, 0) is 30.7 Å². The second-order valence-corrected chi connectivity index (χ2v) is 4.63. The lowest BCUT2D eigenvalue weighted by atomic mass is 9.96. The van der Waals surface area contributed by atoms with Crippen molar-refractivity contribution in [3.63, 3.8) is 0 Å². The molecular formula is C15H13F4N. The quantitative estimate of drug-likeness (QED) is 0.821. The van der Waals surface area contributed by atoms with Gasteiger partial charge in [0.1, 0.15) is 5.82 Å². The van der Waals surface area contributed by atoms with Crippen molar-refractivity contribution in [2.75, 3.05) is 0 Å². The lowest BCUT2D eigenvalue weighted by molar-refractivity contribution is -0.137. The highest BCUT2D eigenvalue weighted by Crippen LogP contribution is 2.32. The van der Waals surface area contributed by atoms with Crippen LogP contribution in [0.4, 0.5) is 17.6 Å². The highest BCUT2D eigenvalue weighted by atomic mass is 19.4. The molecular weight excluding hydrogens is 270 g/mol. The molecule has 0 bridgehead atoms. The van der Waals surface area contributed by atoms with Gasteiger partial charge in [0, 0.05) is 5.56 Å². The van der Waals surface area contributed by atoms with Crippen molar-refractivity contribution in [1.29, 1.82) is 0 Å². The van der Waals surface area contributed by atoms with Crippen LogP contribution in [0.3, 0.4) is 0 Å². The minimum Gasteiger partial charge on any atom is -0.320 e. The summed E-state index contributed by atoms with van der Waals surface area (Å²) in [6.45, 7) is 1.77. The third-order valence-corrected chi connectivity index (χ3v) is 3.06. The summed E-state index contributed by atoms with van der Waals surface area (Å²) in [6, 6.07) is 8.09. The van der Waals surface area contributed by atoms with Crippen LogP contribution >= 0.6 is 0 Å². The summed E-state index contributed by atoms with van der Waals surface area (Å²) in [7, 11) is 0. The van der Waals surface area contributed by atoms with E-state index in [-0.39, 0.29) is 11.1 Å². The van der Waals surface area contributed by atoms with Gasteiger partial charge in [-0.15, -0.1) is 0 Å². The van der Waals surface area contributed by atoms with Crippen molar-refractivity contribution < 1.29 is 17.6 Å². The molecule has 0 amide bonds. The maximum atomic E-state index is 13.7. The molecule has 20 heavy (non-hydrogen) atoms. The standard InChI is InChI=1S/C15H13F4N/c1-9-5-6-13(16)12(7-9)14(20)10-3-2-4-11(8-10)15(17,18)19/h2-8,14H,20H2,1H3. The molecule has 0 fully saturated rings. The molecule has 0 aliphatic heterocycles. The molecule has 0 aromatic heterocycles. The molecule has 0 radical (unpaired) electrons. The number of benzene rings is 2. The minimum atomic E-state index is -4.44. The molecule has 0 spiro atoms.